The Labute approximate surface area is 159 Å². The van der Waals surface area contributed by atoms with Crippen LogP contribution in [-0.2, 0) is 21.2 Å². The van der Waals surface area contributed by atoms with Gasteiger partial charge in [-0.3, -0.25) is 9.10 Å². The zero-order valence-electron chi connectivity index (χ0n) is 15.3. The number of carbonyl (C=O) groups excluding carboxylic acids is 1. The smallest absolute Gasteiger partial charge is 0.240 e. The molecule has 2 aromatic rings. The summed E-state index contributed by atoms with van der Waals surface area (Å²) in [6, 6.07) is 12.8. The average Bonchev–Trinajstić information content (AvgIpc) is 2.64. The van der Waals surface area contributed by atoms with Crippen LogP contribution in [0.15, 0.2) is 48.5 Å². The van der Waals surface area contributed by atoms with Crippen LogP contribution in [0.5, 0.6) is 5.75 Å². The second-order valence-electron chi connectivity index (χ2n) is 6.02. The van der Waals surface area contributed by atoms with E-state index >= 15 is 0 Å². The summed E-state index contributed by atoms with van der Waals surface area (Å²) >= 11 is 0. The number of anilines is 1. The molecule has 0 aliphatic carbocycles. The molecule has 0 saturated carbocycles. The molecule has 1 N–H and O–H groups in total. The summed E-state index contributed by atoms with van der Waals surface area (Å²) in [5, 5.41) is 2.71. The number of methoxy groups -OCH3 is 1. The fraction of sp³-hybridized carbons (Fsp3) is 0.316. The van der Waals surface area contributed by atoms with Crippen molar-refractivity contribution in [3.05, 3.63) is 59.9 Å². The van der Waals surface area contributed by atoms with E-state index in [1.807, 2.05) is 0 Å². The van der Waals surface area contributed by atoms with Crippen molar-refractivity contribution in [2.75, 3.05) is 30.8 Å². The Bertz CT molecular complexity index is 870. The molecule has 0 bridgehead atoms. The minimum Gasteiger partial charge on any atom is -0.495 e. The number of para-hydroxylation sites is 2. The van der Waals surface area contributed by atoms with Crippen molar-refractivity contribution in [1.29, 1.82) is 0 Å². The molecule has 0 atom stereocenters. The highest BCUT2D eigenvalue weighted by molar-refractivity contribution is 7.92. The lowest BCUT2D eigenvalue weighted by Gasteiger charge is -2.23. The molecule has 0 heterocycles. The van der Waals surface area contributed by atoms with E-state index in [9.17, 15) is 17.6 Å². The van der Waals surface area contributed by atoms with Crippen LogP contribution in [0.1, 0.15) is 12.0 Å². The molecule has 0 radical (unpaired) electrons. The fourth-order valence-electron chi connectivity index (χ4n) is 2.57. The molecule has 0 spiro atoms. The van der Waals surface area contributed by atoms with Crippen LogP contribution in [0.25, 0.3) is 0 Å². The number of halogens is 1. The largest absolute Gasteiger partial charge is 0.495 e. The number of benzene rings is 2. The first-order chi connectivity index (χ1) is 12.8. The van der Waals surface area contributed by atoms with Crippen LogP contribution in [-0.4, -0.2) is 40.8 Å². The first-order valence-electron chi connectivity index (χ1n) is 8.43. The summed E-state index contributed by atoms with van der Waals surface area (Å²) in [5.41, 5.74) is 1.28. The Hall–Kier alpha value is -2.61. The van der Waals surface area contributed by atoms with Crippen molar-refractivity contribution >= 4 is 21.6 Å². The van der Waals surface area contributed by atoms with Crippen molar-refractivity contribution in [3.63, 3.8) is 0 Å². The van der Waals surface area contributed by atoms with Crippen molar-refractivity contribution < 1.29 is 22.3 Å². The van der Waals surface area contributed by atoms with Gasteiger partial charge in [-0.25, -0.2) is 12.8 Å². The number of hydrogen-bond acceptors (Lipinski definition) is 4. The summed E-state index contributed by atoms with van der Waals surface area (Å²) in [6.07, 6.45) is 2.38. The van der Waals surface area contributed by atoms with Crippen molar-refractivity contribution in [1.82, 2.24) is 5.32 Å². The van der Waals surface area contributed by atoms with Crippen molar-refractivity contribution in [2.24, 2.45) is 0 Å². The number of amides is 1. The number of carbonyl (C=O) groups is 1. The highest BCUT2D eigenvalue weighted by Crippen LogP contribution is 2.29. The molecule has 0 fully saturated rings. The summed E-state index contributed by atoms with van der Waals surface area (Å²) in [7, 11) is -2.23. The second-order valence-corrected chi connectivity index (χ2v) is 7.93. The van der Waals surface area contributed by atoms with Crippen LogP contribution >= 0.6 is 0 Å². The van der Waals surface area contributed by atoms with Crippen molar-refractivity contribution in [3.8, 4) is 5.75 Å². The minimum atomic E-state index is -3.67. The highest BCUT2D eigenvalue weighted by atomic mass is 32.2. The molecule has 0 saturated heterocycles. The maximum Gasteiger partial charge on any atom is 0.240 e. The predicted molar refractivity (Wildman–Crippen MR) is 103 cm³/mol. The van der Waals surface area contributed by atoms with E-state index in [0.29, 0.717) is 30.8 Å². The fourth-order valence-corrected chi connectivity index (χ4v) is 3.43. The zero-order valence-corrected chi connectivity index (χ0v) is 16.1. The first-order valence-corrected chi connectivity index (χ1v) is 10.3. The van der Waals surface area contributed by atoms with Crippen LogP contribution < -0.4 is 14.4 Å². The van der Waals surface area contributed by atoms with E-state index in [4.69, 9.17) is 4.74 Å². The first kappa shape index (κ1) is 20.7. The van der Waals surface area contributed by atoms with Crippen molar-refractivity contribution in [2.45, 2.75) is 12.8 Å². The van der Waals surface area contributed by atoms with E-state index in [-0.39, 0.29) is 12.4 Å². The third-order valence-electron chi connectivity index (χ3n) is 3.92. The van der Waals surface area contributed by atoms with Crippen LogP contribution in [0.3, 0.4) is 0 Å². The molecule has 0 aromatic heterocycles. The standard InChI is InChI=1S/C19H23FN2O4S/c1-26-18-8-4-3-7-17(18)22(27(2,24)25)14-19(23)21-13-5-6-15-9-11-16(20)12-10-15/h3-4,7-12H,5-6,13-14H2,1-2H3,(H,21,23). The third-order valence-corrected chi connectivity index (χ3v) is 5.05. The number of sulfonamides is 1. The SMILES string of the molecule is COc1ccccc1N(CC(=O)NCCCc1ccc(F)cc1)S(C)(=O)=O. The maximum atomic E-state index is 12.9. The summed E-state index contributed by atoms with van der Waals surface area (Å²) < 4.78 is 43.4. The van der Waals surface area contributed by atoms with Crippen LogP contribution in [0, 0.1) is 5.82 Å². The number of aryl methyl sites for hydroxylation is 1. The summed E-state index contributed by atoms with van der Waals surface area (Å²) in [5.74, 6) is -0.332. The molecule has 1 amide bonds. The summed E-state index contributed by atoms with van der Waals surface area (Å²) in [6.45, 7) is 0.0511. The zero-order chi connectivity index (χ0) is 19.9. The van der Waals surface area contributed by atoms with Gasteiger partial charge in [-0.05, 0) is 42.7 Å². The van der Waals surface area contributed by atoms with Gasteiger partial charge in [-0.2, -0.15) is 0 Å². The van der Waals surface area contributed by atoms with Gasteiger partial charge in [0.15, 0.2) is 0 Å². The van der Waals surface area contributed by atoms with E-state index in [1.165, 1.54) is 19.2 Å². The van der Waals surface area contributed by atoms with Gasteiger partial charge in [0.2, 0.25) is 15.9 Å². The maximum absolute atomic E-state index is 12.9. The average molecular weight is 394 g/mol. The van der Waals surface area contributed by atoms with E-state index < -0.39 is 15.9 Å². The van der Waals surface area contributed by atoms with Gasteiger partial charge in [0, 0.05) is 6.54 Å². The lowest BCUT2D eigenvalue weighted by molar-refractivity contribution is -0.119. The normalized spacial score (nSPS) is 11.1. The van der Waals surface area contributed by atoms with E-state index in [0.717, 1.165) is 16.1 Å². The molecule has 6 nitrogen and oxygen atoms in total. The molecule has 2 rings (SSSR count). The third kappa shape index (κ3) is 6.25. The number of nitrogens with one attached hydrogen (secondary N) is 1. The molecule has 0 aliphatic rings. The molecular weight excluding hydrogens is 371 g/mol. The molecule has 146 valence electrons. The number of rotatable bonds is 9. The Morgan fingerprint density at radius 1 is 1.15 bits per heavy atom. The van der Waals surface area contributed by atoms with Gasteiger partial charge in [0.05, 0.1) is 19.1 Å². The Morgan fingerprint density at radius 3 is 2.44 bits per heavy atom. The molecular formula is C19H23FN2O4S. The number of hydrogen-bond donors (Lipinski definition) is 1. The predicted octanol–water partition coefficient (Wildman–Crippen LogP) is 2.35. The second kappa shape index (κ2) is 9.36. The van der Waals surface area contributed by atoms with Gasteiger partial charge in [0.25, 0.3) is 0 Å². The minimum absolute atomic E-state index is 0.288. The lowest BCUT2D eigenvalue weighted by atomic mass is 10.1. The van der Waals surface area contributed by atoms with Crippen LogP contribution in [0.2, 0.25) is 0 Å². The monoisotopic (exact) mass is 394 g/mol. The van der Waals surface area contributed by atoms with E-state index in [2.05, 4.69) is 5.32 Å². The molecule has 2 aromatic carbocycles. The van der Waals surface area contributed by atoms with Gasteiger partial charge >= 0.3 is 0 Å². The Balaban J connectivity index is 1.93. The van der Waals surface area contributed by atoms with Gasteiger partial charge < -0.3 is 10.1 Å². The highest BCUT2D eigenvalue weighted by Gasteiger charge is 2.23. The topological polar surface area (TPSA) is 75.7 Å². The molecule has 8 heteroatoms. The number of ether oxygens (including phenoxy) is 1. The Morgan fingerprint density at radius 2 is 1.81 bits per heavy atom. The van der Waals surface area contributed by atoms with E-state index in [1.54, 1.807) is 36.4 Å². The van der Waals surface area contributed by atoms with Gasteiger partial charge in [0.1, 0.15) is 18.1 Å². The van der Waals surface area contributed by atoms with Gasteiger partial charge in [-0.15, -0.1) is 0 Å². The Kier molecular flexibility index (Phi) is 7.18. The summed E-state index contributed by atoms with van der Waals surface area (Å²) in [4.78, 5) is 12.2. The van der Waals surface area contributed by atoms with Gasteiger partial charge in [-0.1, -0.05) is 24.3 Å². The number of nitrogens with zero attached hydrogens (tertiary/aromatic N) is 1. The molecule has 0 unspecified atom stereocenters. The quantitative estimate of drug-likeness (QED) is 0.663. The van der Waals surface area contributed by atoms with Crippen LogP contribution in [0.4, 0.5) is 10.1 Å². The lowest BCUT2D eigenvalue weighted by Crippen LogP contribution is -2.40. The molecule has 27 heavy (non-hydrogen) atoms. The molecule has 0 aliphatic heterocycles.